The second kappa shape index (κ2) is 6.63. The van der Waals surface area contributed by atoms with Gasteiger partial charge < -0.3 is 15.2 Å². The topological polar surface area (TPSA) is 76.4 Å². The van der Waals surface area contributed by atoms with Gasteiger partial charge in [0.25, 0.3) is 5.91 Å². The second-order valence-electron chi connectivity index (χ2n) is 7.91. The summed E-state index contributed by atoms with van der Waals surface area (Å²) in [6.45, 7) is 0.942. The molecule has 0 bridgehead atoms. The molecule has 0 spiro atoms. The Kier molecular flexibility index (Phi) is 4.21. The van der Waals surface area contributed by atoms with E-state index in [2.05, 4.69) is 10.4 Å². The highest BCUT2D eigenvalue weighted by Crippen LogP contribution is 2.57. The third kappa shape index (κ3) is 2.82. The maximum absolute atomic E-state index is 14.4. The molecule has 4 atom stereocenters. The zero-order valence-corrected chi connectivity index (χ0v) is 15.2. The van der Waals surface area contributed by atoms with E-state index < -0.39 is 17.7 Å². The summed E-state index contributed by atoms with van der Waals surface area (Å²) in [6.07, 6.45) is 2.52. The van der Waals surface area contributed by atoms with Gasteiger partial charge in [-0.15, -0.1) is 0 Å². The number of halogens is 2. The fourth-order valence-corrected chi connectivity index (χ4v) is 4.55. The maximum atomic E-state index is 14.4. The standard InChI is InChI=1S/C20H21F2N3O3/c21-12-1-2-17(15(22)7-12)25-19-13-5-11(13)6-14(19)18(24-25)20(27)23-16(8-26)10-3-4-28-9-10/h1-2,7,10-11,13,16,26H,3-6,8-9H2,(H,23,27)/t10?,11-,13-,16?/m1/s1. The lowest BCUT2D eigenvalue weighted by Crippen LogP contribution is -2.43. The molecule has 2 fully saturated rings. The van der Waals surface area contributed by atoms with Crippen LogP contribution < -0.4 is 5.32 Å². The molecule has 1 saturated carbocycles. The van der Waals surface area contributed by atoms with Crippen LogP contribution in [-0.2, 0) is 11.2 Å². The summed E-state index contributed by atoms with van der Waals surface area (Å²) in [5.74, 6) is -0.942. The molecule has 5 rings (SSSR count). The van der Waals surface area contributed by atoms with Crippen LogP contribution in [0.1, 0.15) is 40.5 Å². The van der Waals surface area contributed by atoms with Crippen molar-refractivity contribution in [2.45, 2.75) is 31.2 Å². The molecule has 1 saturated heterocycles. The number of aromatic nitrogens is 2. The minimum absolute atomic E-state index is 0.0621. The van der Waals surface area contributed by atoms with Crippen LogP contribution >= 0.6 is 0 Å². The van der Waals surface area contributed by atoms with Crippen LogP contribution in [-0.4, -0.2) is 46.7 Å². The first-order chi connectivity index (χ1) is 13.6. The van der Waals surface area contributed by atoms with Crippen molar-refractivity contribution < 1.29 is 23.4 Å². The maximum Gasteiger partial charge on any atom is 0.272 e. The Bertz CT molecular complexity index is 939. The third-order valence-electron chi connectivity index (χ3n) is 6.16. The van der Waals surface area contributed by atoms with E-state index in [-0.39, 0.29) is 35.7 Å². The van der Waals surface area contributed by atoms with Crippen LogP contribution in [0, 0.1) is 23.5 Å². The molecule has 3 aliphatic rings. The van der Waals surface area contributed by atoms with Gasteiger partial charge in [0.2, 0.25) is 0 Å². The van der Waals surface area contributed by atoms with E-state index in [1.807, 2.05) is 0 Å². The van der Waals surface area contributed by atoms with Crippen molar-refractivity contribution in [2.75, 3.05) is 19.8 Å². The predicted octanol–water partition coefficient (Wildman–Crippen LogP) is 1.94. The van der Waals surface area contributed by atoms with Crippen LogP contribution in [0.15, 0.2) is 18.2 Å². The number of nitrogens with one attached hydrogen (secondary N) is 1. The lowest BCUT2D eigenvalue weighted by molar-refractivity contribution is 0.0871. The number of rotatable bonds is 5. The highest BCUT2D eigenvalue weighted by molar-refractivity contribution is 5.94. The molecule has 1 amide bonds. The normalized spacial score (nSPS) is 26.0. The van der Waals surface area contributed by atoms with Gasteiger partial charge >= 0.3 is 0 Å². The molecule has 1 aliphatic heterocycles. The summed E-state index contributed by atoms with van der Waals surface area (Å²) in [5, 5.41) is 17.0. The number of hydrogen-bond donors (Lipinski definition) is 2. The number of fused-ring (bicyclic) bond motifs is 3. The SMILES string of the molecule is O=C(NC(CO)C1CCOC1)c1nn(-c2ccc(F)cc2F)c2c1C[C@H]1C[C@@H]21. The van der Waals surface area contributed by atoms with Crippen LogP contribution in [0.5, 0.6) is 0 Å². The number of aliphatic hydroxyl groups is 1. The van der Waals surface area contributed by atoms with Crippen molar-refractivity contribution in [1.29, 1.82) is 0 Å². The summed E-state index contributed by atoms with van der Waals surface area (Å²) in [6, 6.07) is 2.95. The Balaban J connectivity index is 1.49. The van der Waals surface area contributed by atoms with Gasteiger partial charge in [-0.05, 0) is 37.3 Å². The number of aliphatic hydroxyl groups excluding tert-OH is 1. The zero-order valence-electron chi connectivity index (χ0n) is 15.2. The fourth-order valence-electron chi connectivity index (χ4n) is 4.55. The lowest BCUT2D eigenvalue weighted by Gasteiger charge is -2.21. The van der Waals surface area contributed by atoms with Gasteiger partial charge in [-0.1, -0.05) is 0 Å². The molecule has 2 N–H and O–H groups in total. The quantitative estimate of drug-likeness (QED) is 0.820. The van der Waals surface area contributed by atoms with E-state index in [4.69, 9.17) is 4.74 Å². The highest BCUT2D eigenvalue weighted by atomic mass is 19.1. The zero-order chi connectivity index (χ0) is 19.4. The molecule has 6 nitrogen and oxygen atoms in total. The van der Waals surface area contributed by atoms with E-state index in [1.165, 1.54) is 16.8 Å². The van der Waals surface area contributed by atoms with Gasteiger partial charge in [0.05, 0.1) is 24.9 Å². The summed E-state index contributed by atoms with van der Waals surface area (Å²) in [4.78, 5) is 12.9. The van der Waals surface area contributed by atoms with Crippen LogP contribution in [0.2, 0.25) is 0 Å². The van der Waals surface area contributed by atoms with Crippen molar-refractivity contribution in [2.24, 2.45) is 11.8 Å². The monoisotopic (exact) mass is 389 g/mol. The molecular formula is C20H21F2N3O3. The molecule has 1 aromatic heterocycles. The Morgan fingerprint density at radius 3 is 3.00 bits per heavy atom. The molecule has 8 heteroatoms. The number of nitrogens with zero attached hydrogens (tertiary/aromatic N) is 2. The second-order valence-corrected chi connectivity index (χ2v) is 7.91. The van der Waals surface area contributed by atoms with Crippen molar-refractivity contribution in [1.82, 2.24) is 15.1 Å². The van der Waals surface area contributed by atoms with Gasteiger partial charge in [-0.25, -0.2) is 13.5 Å². The van der Waals surface area contributed by atoms with E-state index in [1.54, 1.807) is 0 Å². The smallest absolute Gasteiger partial charge is 0.272 e. The Hall–Kier alpha value is -2.32. The summed E-state index contributed by atoms with van der Waals surface area (Å²) < 4.78 is 34.5. The summed E-state index contributed by atoms with van der Waals surface area (Å²) in [5.41, 5.74) is 2.10. The number of carbonyl (C=O) groups excluding carboxylic acids is 1. The average molecular weight is 389 g/mol. The molecule has 28 heavy (non-hydrogen) atoms. The van der Waals surface area contributed by atoms with Gasteiger partial charge in [0, 0.05) is 30.1 Å². The van der Waals surface area contributed by atoms with E-state index in [0.717, 1.165) is 36.6 Å². The molecule has 1 aromatic carbocycles. The number of amides is 1. The molecule has 2 heterocycles. The number of benzene rings is 1. The molecule has 148 valence electrons. The number of carbonyl (C=O) groups is 1. The fraction of sp³-hybridized carbons (Fsp3) is 0.500. The first kappa shape index (κ1) is 17.8. The minimum Gasteiger partial charge on any atom is -0.394 e. The number of ether oxygens (including phenoxy) is 1. The van der Waals surface area contributed by atoms with Crippen molar-refractivity contribution in [3.63, 3.8) is 0 Å². The molecular weight excluding hydrogens is 368 g/mol. The first-order valence-corrected chi connectivity index (χ1v) is 9.63. The molecule has 2 aliphatic carbocycles. The molecule has 2 unspecified atom stereocenters. The van der Waals surface area contributed by atoms with Gasteiger partial charge in [0.1, 0.15) is 11.5 Å². The highest BCUT2D eigenvalue weighted by Gasteiger charge is 2.50. The summed E-state index contributed by atoms with van der Waals surface area (Å²) in [7, 11) is 0. The van der Waals surface area contributed by atoms with Gasteiger partial charge in [0.15, 0.2) is 11.5 Å². The van der Waals surface area contributed by atoms with Crippen molar-refractivity contribution >= 4 is 5.91 Å². The van der Waals surface area contributed by atoms with Crippen LogP contribution in [0.3, 0.4) is 0 Å². The van der Waals surface area contributed by atoms with E-state index in [9.17, 15) is 18.7 Å². The first-order valence-electron chi connectivity index (χ1n) is 9.63. The summed E-state index contributed by atoms with van der Waals surface area (Å²) >= 11 is 0. The Morgan fingerprint density at radius 1 is 1.43 bits per heavy atom. The van der Waals surface area contributed by atoms with Crippen LogP contribution in [0.25, 0.3) is 5.69 Å². The van der Waals surface area contributed by atoms with Gasteiger partial charge in [-0.2, -0.15) is 5.10 Å². The van der Waals surface area contributed by atoms with Crippen molar-refractivity contribution in [3.8, 4) is 5.69 Å². The number of hydrogen-bond acceptors (Lipinski definition) is 4. The van der Waals surface area contributed by atoms with Gasteiger partial charge in [-0.3, -0.25) is 4.79 Å². The Labute approximate surface area is 160 Å². The predicted molar refractivity (Wildman–Crippen MR) is 95.3 cm³/mol. The van der Waals surface area contributed by atoms with E-state index >= 15 is 0 Å². The average Bonchev–Trinajstić information content (AvgIpc) is 3.07. The molecule has 0 radical (unpaired) electrons. The largest absolute Gasteiger partial charge is 0.394 e. The van der Waals surface area contributed by atoms with Crippen molar-refractivity contribution in [3.05, 3.63) is 46.8 Å². The third-order valence-corrected chi connectivity index (χ3v) is 6.16. The van der Waals surface area contributed by atoms with Crippen LogP contribution in [0.4, 0.5) is 8.78 Å². The minimum atomic E-state index is -0.710. The van der Waals surface area contributed by atoms with E-state index in [0.29, 0.717) is 19.1 Å². The molecule has 2 aromatic rings. The lowest BCUT2D eigenvalue weighted by atomic mass is 9.99. The Morgan fingerprint density at radius 2 is 2.29 bits per heavy atom.